The lowest BCUT2D eigenvalue weighted by Gasteiger charge is -2.09. The van der Waals surface area contributed by atoms with E-state index < -0.39 is 0 Å². The van der Waals surface area contributed by atoms with E-state index in [1.165, 1.54) is 0 Å². The summed E-state index contributed by atoms with van der Waals surface area (Å²) in [7, 11) is 0. The lowest BCUT2D eigenvalue weighted by atomic mass is 10.4. The van der Waals surface area contributed by atoms with Crippen molar-refractivity contribution in [3.05, 3.63) is 34.6 Å². The highest BCUT2D eigenvalue weighted by Gasteiger charge is 2.11. The SMILES string of the molecule is CCc1nccn1CCNC(=O)Cn1nc(C)c(Cl)c1C. The summed E-state index contributed by atoms with van der Waals surface area (Å²) in [6, 6.07) is 0. The molecule has 0 saturated carbocycles. The third-order valence-electron chi connectivity index (χ3n) is 3.38. The predicted octanol–water partition coefficient (Wildman–Crippen LogP) is 1.73. The largest absolute Gasteiger partial charge is 0.353 e. The molecule has 2 rings (SSSR count). The maximum atomic E-state index is 11.9. The van der Waals surface area contributed by atoms with Crippen LogP contribution in [0.4, 0.5) is 0 Å². The first-order valence-electron chi connectivity index (χ1n) is 6.99. The van der Waals surface area contributed by atoms with Crippen LogP contribution in [0, 0.1) is 13.8 Å². The molecule has 0 atom stereocenters. The van der Waals surface area contributed by atoms with Gasteiger partial charge in [0.15, 0.2) is 0 Å². The summed E-state index contributed by atoms with van der Waals surface area (Å²) in [5.41, 5.74) is 1.56. The zero-order valence-corrected chi connectivity index (χ0v) is 13.3. The maximum absolute atomic E-state index is 11.9. The topological polar surface area (TPSA) is 64.7 Å². The van der Waals surface area contributed by atoms with E-state index >= 15 is 0 Å². The lowest BCUT2D eigenvalue weighted by Crippen LogP contribution is -2.31. The van der Waals surface area contributed by atoms with Crippen molar-refractivity contribution < 1.29 is 4.79 Å². The fourth-order valence-electron chi connectivity index (χ4n) is 2.19. The molecule has 0 aromatic carbocycles. The fourth-order valence-corrected chi connectivity index (χ4v) is 2.33. The molecule has 2 aromatic rings. The minimum absolute atomic E-state index is 0.0737. The molecule has 114 valence electrons. The van der Waals surface area contributed by atoms with Crippen molar-refractivity contribution in [1.29, 1.82) is 0 Å². The highest BCUT2D eigenvalue weighted by molar-refractivity contribution is 6.31. The van der Waals surface area contributed by atoms with Gasteiger partial charge in [-0.05, 0) is 13.8 Å². The van der Waals surface area contributed by atoms with Crippen LogP contribution < -0.4 is 5.32 Å². The van der Waals surface area contributed by atoms with E-state index in [9.17, 15) is 4.79 Å². The molecule has 2 heterocycles. The van der Waals surface area contributed by atoms with Gasteiger partial charge in [-0.15, -0.1) is 0 Å². The second-order valence-corrected chi connectivity index (χ2v) is 5.26. The first-order valence-corrected chi connectivity index (χ1v) is 7.37. The molecule has 21 heavy (non-hydrogen) atoms. The normalized spacial score (nSPS) is 10.9. The van der Waals surface area contributed by atoms with Gasteiger partial charge in [-0.3, -0.25) is 9.48 Å². The second kappa shape index (κ2) is 6.76. The summed E-state index contributed by atoms with van der Waals surface area (Å²) < 4.78 is 3.67. The number of rotatable bonds is 6. The van der Waals surface area contributed by atoms with Crippen LogP contribution in [0.1, 0.15) is 24.1 Å². The van der Waals surface area contributed by atoms with E-state index in [-0.39, 0.29) is 12.5 Å². The zero-order chi connectivity index (χ0) is 15.4. The average Bonchev–Trinajstić information content (AvgIpc) is 3.00. The van der Waals surface area contributed by atoms with E-state index in [0.29, 0.717) is 18.1 Å². The van der Waals surface area contributed by atoms with Gasteiger partial charge in [0.2, 0.25) is 5.91 Å². The highest BCUT2D eigenvalue weighted by atomic mass is 35.5. The number of nitrogens with one attached hydrogen (secondary N) is 1. The monoisotopic (exact) mass is 309 g/mol. The van der Waals surface area contributed by atoms with Gasteiger partial charge < -0.3 is 9.88 Å². The van der Waals surface area contributed by atoms with Gasteiger partial charge in [-0.1, -0.05) is 18.5 Å². The minimum atomic E-state index is -0.0737. The van der Waals surface area contributed by atoms with Crippen molar-refractivity contribution in [2.24, 2.45) is 0 Å². The van der Waals surface area contributed by atoms with E-state index in [2.05, 4.69) is 22.3 Å². The number of halogens is 1. The van der Waals surface area contributed by atoms with Crippen LogP contribution in [0.5, 0.6) is 0 Å². The fraction of sp³-hybridized carbons (Fsp3) is 0.500. The summed E-state index contributed by atoms with van der Waals surface area (Å²) in [6.07, 6.45) is 4.58. The van der Waals surface area contributed by atoms with Crippen LogP contribution in [0.25, 0.3) is 0 Å². The Bertz CT molecular complexity index is 631. The van der Waals surface area contributed by atoms with Gasteiger partial charge in [0, 0.05) is 31.9 Å². The molecule has 0 radical (unpaired) electrons. The van der Waals surface area contributed by atoms with E-state index in [1.54, 1.807) is 10.9 Å². The molecule has 7 heteroatoms. The number of carbonyl (C=O) groups excluding carboxylic acids is 1. The number of imidazole rings is 1. The molecule has 2 aromatic heterocycles. The van der Waals surface area contributed by atoms with Crippen LogP contribution in [-0.2, 0) is 24.3 Å². The molecule has 0 spiro atoms. The number of hydrogen-bond donors (Lipinski definition) is 1. The zero-order valence-electron chi connectivity index (χ0n) is 12.6. The van der Waals surface area contributed by atoms with Gasteiger partial charge >= 0.3 is 0 Å². The Balaban J connectivity index is 1.84. The summed E-state index contributed by atoms with van der Waals surface area (Å²) in [4.78, 5) is 16.2. The first-order chi connectivity index (χ1) is 10.0. The second-order valence-electron chi connectivity index (χ2n) is 4.88. The smallest absolute Gasteiger partial charge is 0.241 e. The Morgan fingerprint density at radius 2 is 2.19 bits per heavy atom. The molecular formula is C14H20ClN5O. The molecule has 0 aliphatic carbocycles. The molecule has 0 bridgehead atoms. The van der Waals surface area contributed by atoms with Gasteiger partial charge in [-0.2, -0.15) is 5.10 Å². The minimum Gasteiger partial charge on any atom is -0.353 e. The molecule has 1 N–H and O–H groups in total. The molecule has 1 amide bonds. The third-order valence-corrected chi connectivity index (χ3v) is 3.93. The predicted molar refractivity (Wildman–Crippen MR) is 81.3 cm³/mol. The van der Waals surface area contributed by atoms with Crippen LogP contribution in [0.2, 0.25) is 5.02 Å². The first kappa shape index (κ1) is 15.6. The average molecular weight is 310 g/mol. The van der Waals surface area contributed by atoms with Crippen molar-refractivity contribution in [1.82, 2.24) is 24.6 Å². The summed E-state index contributed by atoms with van der Waals surface area (Å²) >= 11 is 6.06. The molecule has 0 aliphatic heterocycles. The molecule has 0 fully saturated rings. The van der Waals surface area contributed by atoms with Crippen LogP contribution >= 0.6 is 11.6 Å². The summed E-state index contributed by atoms with van der Waals surface area (Å²) in [5, 5.41) is 7.75. The molecule has 0 unspecified atom stereocenters. The van der Waals surface area contributed by atoms with Gasteiger partial charge in [0.25, 0.3) is 0 Å². The molecule has 0 aliphatic rings. The third kappa shape index (κ3) is 3.64. The Labute approximate surface area is 129 Å². The van der Waals surface area contributed by atoms with Crippen molar-refractivity contribution in [2.75, 3.05) is 6.54 Å². The highest BCUT2D eigenvalue weighted by Crippen LogP contribution is 2.18. The number of hydrogen-bond acceptors (Lipinski definition) is 3. The van der Waals surface area contributed by atoms with Crippen molar-refractivity contribution >= 4 is 17.5 Å². The van der Waals surface area contributed by atoms with Gasteiger partial charge in [-0.25, -0.2) is 4.98 Å². The molecular weight excluding hydrogens is 290 g/mol. The maximum Gasteiger partial charge on any atom is 0.241 e. The van der Waals surface area contributed by atoms with Crippen LogP contribution in [0.3, 0.4) is 0 Å². The van der Waals surface area contributed by atoms with Crippen molar-refractivity contribution in [2.45, 2.75) is 40.3 Å². The van der Waals surface area contributed by atoms with Gasteiger partial charge in [0.05, 0.1) is 16.4 Å². The Morgan fingerprint density at radius 3 is 2.81 bits per heavy atom. The van der Waals surface area contributed by atoms with Crippen LogP contribution in [-0.4, -0.2) is 31.8 Å². The van der Waals surface area contributed by atoms with Gasteiger partial charge in [0.1, 0.15) is 12.4 Å². The molecule has 0 saturated heterocycles. The summed E-state index contributed by atoms with van der Waals surface area (Å²) in [5.74, 6) is 0.949. The Kier molecular flexibility index (Phi) is 5.01. The van der Waals surface area contributed by atoms with E-state index in [0.717, 1.165) is 23.6 Å². The number of nitrogens with zero attached hydrogens (tertiary/aromatic N) is 4. The standard InChI is InChI=1S/C14H20ClN5O/c1-4-12-16-5-7-19(12)8-6-17-13(21)9-20-11(3)14(15)10(2)18-20/h5,7H,4,6,8-9H2,1-3H3,(H,17,21). The van der Waals surface area contributed by atoms with E-state index in [1.807, 2.05) is 24.6 Å². The number of carbonyl (C=O) groups is 1. The molecule has 6 nitrogen and oxygen atoms in total. The Morgan fingerprint density at radius 1 is 1.43 bits per heavy atom. The van der Waals surface area contributed by atoms with Crippen molar-refractivity contribution in [3.8, 4) is 0 Å². The van der Waals surface area contributed by atoms with Crippen molar-refractivity contribution in [3.63, 3.8) is 0 Å². The number of aryl methyl sites for hydroxylation is 2. The number of aromatic nitrogens is 4. The van der Waals surface area contributed by atoms with Crippen LogP contribution in [0.15, 0.2) is 12.4 Å². The quantitative estimate of drug-likeness (QED) is 0.884. The lowest BCUT2D eigenvalue weighted by molar-refractivity contribution is -0.121. The van der Waals surface area contributed by atoms with E-state index in [4.69, 9.17) is 11.6 Å². The number of amides is 1. The Hall–Kier alpha value is -1.82. The summed E-state index contributed by atoms with van der Waals surface area (Å²) in [6.45, 7) is 7.21.